The highest BCUT2D eigenvalue weighted by Crippen LogP contribution is 2.09. The van der Waals surface area contributed by atoms with Crippen molar-refractivity contribution in [1.82, 2.24) is 16.0 Å². The second-order valence-electron chi connectivity index (χ2n) is 9.03. The Morgan fingerprint density at radius 2 is 1.31 bits per heavy atom. The van der Waals surface area contributed by atoms with Crippen LogP contribution in [0.1, 0.15) is 68.2 Å². The highest BCUT2D eigenvalue weighted by atomic mass is 16.6. The average molecular weight is 412 g/mol. The van der Waals surface area contributed by atoms with E-state index in [2.05, 4.69) is 16.0 Å². The molecule has 168 valence electrons. The zero-order valence-corrected chi connectivity index (χ0v) is 19.4. The Kier molecular flexibility index (Phi) is 12.3. The third-order valence-electron chi connectivity index (χ3n) is 4.42. The van der Waals surface area contributed by atoms with Gasteiger partial charge in [0, 0.05) is 19.0 Å². The molecule has 0 aliphatic rings. The highest BCUT2D eigenvalue weighted by Gasteiger charge is 2.26. The first kappa shape index (κ1) is 27.0. The van der Waals surface area contributed by atoms with E-state index in [0.29, 0.717) is 25.4 Å². The van der Waals surface area contributed by atoms with Crippen LogP contribution in [0.2, 0.25) is 0 Å². The van der Waals surface area contributed by atoms with Gasteiger partial charge in [-0.1, -0.05) is 46.8 Å². The van der Waals surface area contributed by atoms with Crippen molar-refractivity contribution >= 4 is 17.9 Å². The molecule has 0 radical (unpaired) electrons. The second-order valence-corrected chi connectivity index (χ2v) is 9.03. The Morgan fingerprint density at radius 3 is 1.72 bits per heavy atom. The fourth-order valence-corrected chi connectivity index (χ4v) is 2.34. The number of hydrogen-bond acceptors (Lipinski definition) is 4. The van der Waals surface area contributed by atoms with E-state index in [4.69, 9.17) is 4.74 Å². The lowest BCUT2D eigenvalue weighted by Crippen LogP contribution is -2.51. The Bertz CT molecular complexity index is 551. The molecule has 0 spiro atoms. The third-order valence-corrected chi connectivity index (χ3v) is 4.42. The summed E-state index contributed by atoms with van der Waals surface area (Å²) in [6, 6.07) is -0.646. The fourth-order valence-electron chi connectivity index (χ4n) is 2.34. The van der Waals surface area contributed by atoms with Crippen LogP contribution in [-0.2, 0) is 14.3 Å². The van der Waals surface area contributed by atoms with Crippen LogP contribution in [-0.4, -0.2) is 42.6 Å². The van der Waals surface area contributed by atoms with Crippen LogP contribution >= 0.6 is 0 Å². The van der Waals surface area contributed by atoms with Gasteiger partial charge in [0.15, 0.2) is 0 Å². The first-order chi connectivity index (χ1) is 13.3. The van der Waals surface area contributed by atoms with Gasteiger partial charge in [0.25, 0.3) is 0 Å². The molecule has 0 aromatic heterocycles. The minimum atomic E-state index is -0.646. The maximum absolute atomic E-state index is 12.4. The van der Waals surface area contributed by atoms with Crippen LogP contribution in [0.25, 0.3) is 0 Å². The summed E-state index contributed by atoms with van der Waals surface area (Å²) in [7, 11) is 0. The first-order valence-corrected chi connectivity index (χ1v) is 10.5. The van der Waals surface area contributed by atoms with Crippen LogP contribution in [0.5, 0.6) is 0 Å². The summed E-state index contributed by atoms with van der Waals surface area (Å²) in [5, 5.41) is 8.40. The van der Waals surface area contributed by atoms with Crippen molar-refractivity contribution < 1.29 is 19.1 Å². The van der Waals surface area contributed by atoms with Crippen molar-refractivity contribution in [3.05, 3.63) is 12.2 Å². The Morgan fingerprint density at radius 1 is 0.828 bits per heavy atom. The largest absolute Gasteiger partial charge is 0.444 e. The van der Waals surface area contributed by atoms with Gasteiger partial charge in [0.1, 0.15) is 11.6 Å². The van der Waals surface area contributed by atoms with Gasteiger partial charge in [-0.25, -0.2) is 4.79 Å². The van der Waals surface area contributed by atoms with Crippen molar-refractivity contribution in [3.8, 4) is 0 Å². The average Bonchev–Trinajstić information content (AvgIpc) is 2.58. The monoisotopic (exact) mass is 411 g/mol. The lowest BCUT2D eigenvalue weighted by molar-refractivity contribution is -0.125. The molecule has 0 aromatic carbocycles. The molecule has 0 fully saturated rings. The summed E-state index contributed by atoms with van der Waals surface area (Å²) in [6.07, 6.45) is 4.80. The van der Waals surface area contributed by atoms with Gasteiger partial charge < -0.3 is 20.7 Å². The van der Waals surface area contributed by atoms with Crippen molar-refractivity contribution in [2.75, 3.05) is 13.1 Å². The van der Waals surface area contributed by atoms with E-state index >= 15 is 0 Å². The van der Waals surface area contributed by atoms with Crippen molar-refractivity contribution in [1.29, 1.82) is 0 Å². The predicted octanol–water partition coefficient (Wildman–Crippen LogP) is 3.40. The molecule has 0 heterocycles. The van der Waals surface area contributed by atoms with E-state index in [1.165, 1.54) is 0 Å². The number of carbonyl (C=O) groups is 3. The lowest BCUT2D eigenvalue weighted by atomic mass is 9.97. The molecule has 0 aliphatic heterocycles. The van der Waals surface area contributed by atoms with E-state index in [0.717, 1.165) is 6.42 Å². The number of nitrogens with one attached hydrogen (secondary N) is 3. The molecule has 7 heteroatoms. The minimum Gasteiger partial charge on any atom is -0.444 e. The van der Waals surface area contributed by atoms with Gasteiger partial charge in [-0.3, -0.25) is 9.59 Å². The van der Waals surface area contributed by atoms with Gasteiger partial charge in [-0.05, 0) is 45.4 Å². The number of hydrogen-bond donors (Lipinski definition) is 3. The number of alkyl carbamates (subject to hydrolysis) is 1. The predicted molar refractivity (Wildman–Crippen MR) is 116 cm³/mol. The standard InChI is InChI=1S/C22H41N3O4/c1-15(2)17(5)19(26)23-13-11-9-10-12-14-24-20(27)18(16(3)4)25-21(28)29-22(6,7)8/h9-10,15-18H,11-14H2,1-8H3,(H,23,26)(H,24,27)(H,25,28)/t17-,18-/m0/s1. The van der Waals surface area contributed by atoms with E-state index in [1.807, 2.05) is 46.8 Å². The van der Waals surface area contributed by atoms with Gasteiger partial charge in [-0.15, -0.1) is 0 Å². The maximum atomic E-state index is 12.4. The van der Waals surface area contributed by atoms with Crippen molar-refractivity contribution in [2.24, 2.45) is 17.8 Å². The van der Waals surface area contributed by atoms with Crippen LogP contribution < -0.4 is 16.0 Å². The molecule has 0 aromatic rings. The molecule has 0 saturated heterocycles. The molecule has 0 rings (SSSR count). The molecule has 29 heavy (non-hydrogen) atoms. The maximum Gasteiger partial charge on any atom is 0.408 e. The van der Waals surface area contributed by atoms with Crippen molar-refractivity contribution in [2.45, 2.75) is 79.9 Å². The molecule has 0 bridgehead atoms. The molecule has 3 amide bonds. The number of carbonyl (C=O) groups excluding carboxylic acids is 3. The summed E-state index contributed by atoms with van der Waals surface area (Å²) in [6.45, 7) is 16.2. The summed E-state index contributed by atoms with van der Waals surface area (Å²) in [5.74, 6) is 0.132. The summed E-state index contributed by atoms with van der Waals surface area (Å²) >= 11 is 0. The normalized spacial score (nSPS) is 14.0. The molecular formula is C22H41N3O4. The van der Waals surface area contributed by atoms with Crippen LogP contribution in [0.3, 0.4) is 0 Å². The van der Waals surface area contributed by atoms with Crippen LogP contribution in [0.4, 0.5) is 4.79 Å². The van der Waals surface area contributed by atoms with E-state index < -0.39 is 17.7 Å². The summed E-state index contributed by atoms with van der Waals surface area (Å²) in [5.41, 5.74) is -0.612. The molecule has 7 nitrogen and oxygen atoms in total. The Balaban J connectivity index is 4.17. The van der Waals surface area contributed by atoms with Crippen LogP contribution in [0.15, 0.2) is 12.2 Å². The molecule has 0 aliphatic carbocycles. The number of ether oxygens (including phenoxy) is 1. The minimum absolute atomic E-state index is 0.0115. The van der Waals surface area contributed by atoms with E-state index in [1.54, 1.807) is 20.8 Å². The Hall–Kier alpha value is -2.05. The molecule has 0 unspecified atom stereocenters. The lowest BCUT2D eigenvalue weighted by Gasteiger charge is -2.25. The Labute approximate surface area is 176 Å². The quantitative estimate of drug-likeness (QED) is 0.359. The fraction of sp³-hybridized carbons (Fsp3) is 0.773. The second kappa shape index (κ2) is 13.2. The zero-order valence-electron chi connectivity index (χ0n) is 19.4. The molecule has 2 atom stereocenters. The summed E-state index contributed by atoms with van der Waals surface area (Å²) in [4.78, 5) is 36.1. The topological polar surface area (TPSA) is 96.5 Å². The van der Waals surface area contributed by atoms with Gasteiger partial charge in [0.05, 0.1) is 0 Å². The van der Waals surface area contributed by atoms with Gasteiger partial charge >= 0.3 is 6.09 Å². The number of amides is 3. The van der Waals surface area contributed by atoms with Crippen LogP contribution in [0, 0.1) is 17.8 Å². The first-order valence-electron chi connectivity index (χ1n) is 10.5. The van der Waals surface area contributed by atoms with E-state index in [9.17, 15) is 14.4 Å². The highest BCUT2D eigenvalue weighted by molar-refractivity contribution is 5.85. The van der Waals surface area contributed by atoms with E-state index in [-0.39, 0.29) is 23.7 Å². The molecular weight excluding hydrogens is 370 g/mol. The summed E-state index contributed by atoms with van der Waals surface area (Å²) < 4.78 is 5.22. The molecule has 3 N–H and O–H groups in total. The molecule has 0 saturated carbocycles. The third kappa shape index (κ3) is 12.9. The van der Waals surface area contributed by atoms with Gasteiger partial charge in [0.2, 0.25) is 11.8 Å². The zero-order chi connectivity index (χ0) is 22.6. The number of rotatable bonds is 11. The van der Waals surface area contributed by atoms with Gasteiger partial charge in [-0.2, -0.15) is 0 Å². The van der Waals surface area contributed by atoms with Crippen molar-refractivity contribution in [3.63, 3.8) is 0 Å². The SMILES string of the molecule is CC(C)[C@H](C)C(=O)NCCC=CCCNC(=O)[C@@H](NC(=O)OC(C)(C)C)C(C)C. The smallest absolute Gasteiger partial charge is 0.408 e.